The minimum Gasteiger partial charge on any atom is -0.508 e. The molecule has 3 heteroatoms. The lowest BCUT2D eigenvalue weighted by Gasteiger charge is -2.31. The number of fused-ring (bicyclic) bond motifs is 3. The number of hydrogen-bond donors (Lipinski definition) is 2. The lowest BCUT2D eigenvalue weighted by Crippen LogP contribution is -2.42. The maximum atomic E-state index is 9.53. The second-order valence-corrected chi connectivity index (χ2v) is 4.52. The first-order valence-corrected chi connectivity index (χ1v) is 5.54. The van der Waals surface area contributed by atoms with Gasteiger partial charge in [-0.3, -0.25) is 0 Å². The Hall–Kier alpha value is -1.22. The van der Waals surface area contributed by atoms with Gasteiger partial charge in [0.1, 0.15) is 5.75 Å². The van der Waals surface area contributed by atoms with Crippen LogP contribution in [0.3, 0.4) is 0 Å². The van der Waals surface area contributed by atoms with Crippen molar-refractivity contribution in [2.24, 2.45) is 0 Å². The summed E-state index contributed by atoms with van der Waals surface area (Å²) < 4.78 is 0. The van der Waals surface area contributed by atoms with Gasteiger partial charge in [-0.25, -0.2) is 0 Å². The lowest BCUT2D eigenvalue weighted by atomic mass is 9.90. The zero-order valence-corrected chi connectivity index (χ0v) is 8.90. The summed E-state index contributed by atoms with van der Waals surface area (Å²) in [5.74, 6) is 0.930. The third kappa shape index (κ3) is 1.23. The van der Waals surface area contributed by atoms with Crippen LogP contribution in [0.4, 0.5) is 5.69 Å². The summed E-state index contributed by atoms with van der Waals surface area (Å²) in [5, 5.41) is 13.0. The molecule has 0 saturated carbocycles. The van der Waals surface area contributed by atoms with Gasteiger partial charge in [-0.05, 0) is 36.7 Å². The van der Waals surface area contributed by atoms with E-state index in [2.05, 4.69) is 17.3 Å². The summed E-state index contributed by atoms with van der Waals surface area (Å²) in [6.07, 6.45) is 1.19. The van der Waals surface area contributed by atoms with Crippen molar-refractivity contribution < 1.29 is 5.11 Å². The molecule has 0 radical (unpaired) electrons. The van der Waals surface area contributed by atoms with Crippen molar-refractivity contribution in [2.45, 2.75) is 18.4 Å². The lowest BCUT2D eigenvalue weighted by molar-refractivity contribution is 0.412. The zero-order valence-electron chi connectivity index (χ0n) is 8.90. The topological polar surface area (TPSA) is 35.5 Å². The van der Waals surface area contributed by atoms with Crippen molar-refractivity contribution in [1.82, 2.24) is 5.32 Å². The third-order valence-corrected chi connectivity index (χ3v) is 3.73. The molecule has 1 aromatic carbocycles. The molecule has 3 rings (SSSR count). The van der Waals surface area contributed by atoms with Gasteiger partial charge in [-0.15, -0.1) is 0 Å². The maximum Gasteiger partial charge on any atom is 0.116 e. The molecule has 0 spiro atoms. The highest BCUT2D eigenvalue weighted by Gasteiger charge is 2.37. The van der Waals surface area contributed by atoms with E-state index >= 15 is 0 Å². The number of hydrogen-bond acceptors (Lipinski definition) is 3. The smallest absolute Gasteiger partial charge is 0.116 e. The Labute approximate surface area is 89.7 Å². The van der Waals surface area contributed by atoms with Crippen LogP contribution in [0.25, 0.3) is 0 Å². The number of likely N-dealkylation sites (N-methyl/N-ethyl adjacent to an activating group) is 1. The molecule has 1 saturated heterocycles. The Morgan fingerprint density at radius 3 is 3.20 bits per heavy atom. The summed E-state index contributed by atoms with van der Waals surface area (Å²) in [6.45, 7) is 2.14. The fourth-order valence-electron chi connectivity index (χ4n) is 2.96. The molecular weight excluding hydrogens is 188 g/mol. The van der Waals surface area contributed by atoms with Gasteiger partial charge in [0.25, 0.3) is 0 Å². The van der Waals surface area contributed by atoms with Gasteiger partial charge in [0.15, 0.2) is 0 Å². The molecule has 0 aliphatic carbocycles. The van der Waals surface area contributed by atoms with E-state index in [4.69, 9.17) is 0 Å². The summed E-state index contributed by atoms with van der Waals surface area (Å²) in [4.78, 5) is 2.36. The number of nitrogens with one attached hydrogen (secondary N) is 1. The first kappa shape index (κ1) is 9.04. The quantitative estimate of drug-likeness (QED) is 0.668. The second kappa shape index (κ2) is 3.14. The van der Waals surface area contributed by atoms with Crippen molar-refractivity contribution in [3.8, 4) is 5.75 Å². The van der Waals surface area contributed by atoms with Crippen molar-refractivity contribution in [1.29, 1.82) is 0 Å². The van der Waals surface area contributed by atoms with E-state index in [1.807, 2.05) is 12.1 Å². The average Bonchev–Trinajstić information content (AvgIpc) is 2.54. The fraction of sp³-hybridized carbons (Fsp3) is 0.500. The molecule has 2 aliphatic rings. The SMILES string of the molecule is CN1c2ccc(O)cc2C2CNCCC21. The van der Waals surface area contributed by atoms with E-state index in [0.717, 1.165) is 13.1 Å². The second-order valence-electron chi connectivity index (χ2n) is 4.52. The Morgan fingerprint density at radius 1 is 1.47 bits per heavy atom. The van der Waals surface area contributed by atoms with Gasteiger partial charge < -0.3 is 15.3 Å². The first-order chi connectivity index (χ1) is 7.27. The fourth-order valence-corrected chi connectivity index (χ4v) is 2.96. The van der Waals surface area contributed by atoms with Gasteiger partial charge in [-0.1, -0.05) is 0 Å². The molecule has 1 aromatic rings. The number of phenolic OH excluding ortho intramolecular Hbond substituents is 1. The standard InChI is InChI=1S/C12H16N2O/c1-14-11-3-2-8(15)6-9(11)10-7-13-5-4-12(10)14/h2-3,6,10,12-13,15H,4-5,7H2,1H3. The summed E-state index contributed by atoms with van der Waals surface area (Å²) in [5.41, 5.74) is 2.58. The average molecular weight is 204 g/mol. The number of aromatic hydroxyl groups is 1. The van der Waals surface area contributed by atoms with E-state index in [-0.39, 0.29) is 0 Å². The number of phenols is 1. The summed E-state index contributed by atoms with van der Waals surface area (Å²) >= 11 is 0. The molecule has 0 aromatic heterocycles. The van der Waals surface area contributed by atoms with Crippen molar-refractivity contribution in [3.05, 3.63) is 23.8 Å². The highest BCUT2D eigenvalue weighted by Crippen LogP contribution is 2.43. The molecule has 2 heterocycles. The maximum absolute atomic E-state index is 9.53. The van der Waals surface area contributed by atoms with Crippen LogP contribution in [-0.2, 0) is 0 Å². The number of rotatable bonds is 0. The van der Waals surface area contributed by atoms with E-state index < -0.39 is 0 Å². The zero-order chi connectivity index (χ0) is 10.4. The monoisotopic (exact) mass is 204 g/mol. The van der Waals surface area contributed by atoms with Crippen LogP contribution in [0.1, 0.15) is 17.9 Å². The van der Waals surface area contributed by atoms with Crippen LogP contribution in [0.2, 0.25) is 0 Å². The van der Waals surface area contributed by atoms with Gasteiger partial charge >= 0.3 is 0 Å². The molecule has 0 bridgehead atoms. The molecule has 15 heavy (non-hydrogen) atoms. The van der Waals surface area contributed by atoms with Crippen LogP contribution >= 0.6 is 0 Å². The predicted octanol–water partition coefficient (Wildman–Crippen LogP) is 1.29. The van der Waals surface area contributed by atoms with Crippen molar-refractivity contribution in [2.75, 3.05) is 25.0 Å². The first-order valence-electron chi connectivity index (χ1n) is 5.54. The van der Waals surface area contributed by atoms with Gasteiger partial charge in [0.2, 0.25) is 0 Å². The number of anilines is 1. The predicted molar refractivity (Wildman–Crippen MR) is 60.5 cm³/mol. The molecule has 2 N–H and O–H groups in total. The number of benzene rings is 1. The largest absolute Gasteiger partial charge is 0.508 e. The van der Waals surface area contributed by atoms with E-state index in [1.54, 1.807) is 6.07 Å². The van der Waals surface area contributed by atoms with Gasteiger partial charge in [0.05, 0.1) is 0 Å². The van der Waals surface area contributed by atoms with Crippen LogP contribution < -0.4 is 10.2 Å². The summed E-state index contributed by atoms with van der Waals surface area (Å²) in [7, 11) is 2.16. The Balaban J connectivity index is 2.07. The van der Waals surface area contributed by atoms with Crippen LogP contribution in [0, 0.1) is 0 Å². The minimum atomic E-state index is 0.383. The highest BCUT2D eigenvalue weighted by molar-refractivity contribution is 5.63. The molecule has 2 aliphatic heterocycles. The third-order valence-electron chi connectivity index (χ3n) is 3.73. The number of piperidine rings is 1. The Kier molecular flexibility index (Phi) is 1.89. The van der Waals surface area contributed by atoms with Crippen LogP contribution in [0.15, 0.2) is 18.2 Å². The normalized spacial score (nSPS) is 28.7. The van der Waals surface area contributed by atoms with E-state index in [0.29, 0.717) is 17.7 Å². The minimum absolute atomic E-state index is 0.383. The molecule has 2 atom stereocenters. The molecule has 1 fully saturated rings. The molecular formula is C12H16N2O. The highest BCUT2D eigenvalue weighted by atomic mass is 16.3. The van der Waals surface area contributed by atoms with Crippen LogP contribution in [0.5, 0.6) is 5.75 Å². The van der Waals surface area contributed by atoms with Gasteiger partial charge in [0, 0.05) is 31.2 Å². The Bertz CT molecular complexity index is 391. The van der Waals surface area contributed by atoms with E-state index in [1.165, 1.54) is 17.7 Å². The molecule has 3 nitrogen and oxygen atoms in total. The van der Waals surface area contributed by atoms with Crippen LogP contribution in [-0.4, -0.2) is 31.3 Å². The molecule has 0 amide bonds. The number of nitrogens with zero attached hydrogens (tertiary/aromatic N) is 1. The molecule has 80 valence electrons. The van der Waals surface area contributed by atoms with Crippen molar-refractivity contribution >= 4 is 5.69 Å². The van der Waals surface area contributed by atoms with Crippen molar-refractivity contribution in [3.63, 3.8) is 0 Å². The van der Waals surface area contributed by atoms with E-state index in [9.17, 15) is 5.11 Å². The molecule has 2 unspecified atom stereocenters. The summed E-state index contributed by atoms with van der Waals surface area (Å²) in [6, 6.07) is 6.34. The Morgan fingerprint density at radius 2 is 2.33 bits per heavy atom. The van der Waals surface area contributed by atoms with Gasteiger partial charge in [-0.2, -0.15) is 0 Å².